The molecule has 6 nitrogen and oxygen atoms in total. The van der Waals surface area contributed by atoms with Gasteiger partial charge in [0.1, 0.15) is 0 Å². The van der Waals surface area contributed by atoms with Crippen molar-refractivity contribution in [1.82, 2.24) is 4.90 Å². The van der Waals surface area contributed by atoms with Crippen LogP contribution in [0.1, 0.15) is 26.2 Å². The molecule has 24 heavy (non-hydrogen) atoms. The fourth-order valence-corrected chi connectivity index (χ4v) is 3.54. The summed E-state index contributed by atoms with van der Waals surface area (Å²) < 4.78 is 0. The first-order valence-corrected chi connectivity index (χ1v) is 8.62. The van der Waals surface area contributed by atoms with Gasteiger partial charge in [0.25, 0.3) is 0 Å². The molecule has 0 saturated carbocycles. The number of nitrogens with one attached hydrogen (secondary N) is 1. The maximum absolute atomic E-state index is 12.4. The Kier molecular flexibility index (Phi) is 4.87. The highest BCUT2D eigenvalue weighted by molar-refractivity contribution is 6.02. The van der Waals surface area contributed by atoms with Crippen LogP contribution in [0.15, 0.2) is 24.3 Å². The van der Waals surface area contributed by atoms with Crippen LogP contribution in [0.5, 0.6) is 0 Å². The van der Waals surface area contributed by atoms with Gasteiger partial charge in [-0.15, -0.1) is 0 Å². The van der Waals surface area contributed by atoms with Crippen molar-refractivity contribution >= 4 is 23.2 Å². The summed E-state index contributed by atoms with van der Waals surface area (Å²) in [6.45, 7) is 5.63. The highest BCUT2D eigenvalue weighted by Crippen LogP contribution is 2.30. The number of carbonyl (C=O) groups is 2. The standard InChI is InChI=1S/C18H26N4O2/c1-18(12-19)8-10-21(13-18)11-16(23)20-14-5-2-3-6-15(14)22-9-4-7-17(22)24/h2-3,5-6H,4,7-13,19H2,1H3,(H,20,23). The lowest BCUT2D eigenvalue weighted by atomic mass is 9.90. The zero-order valence-corrected chi connectivity index (χ0v) is 14.3. The quantitative estimate of drug-likeness (QED) is 0.856. The van der Waals surface area contributed by atoms with Gasteiger partial charge < -0.3 is 16.0 Å². The van der Waals surface area contributed by atoms with Gasteiger partial charge >= 0.3 is 0 Å². The summed E-state index contributed by atoms with van der Waals surface area (Å²) in [7, 11) is 0. The van der Waals surface area contributed by atoms with Gasteiger partial charge in [-0.1, -0.05) is 19.1 Å². The van der Waals surface area contributed by atoms with E-state index in [0.717, 1.165) is 31.6 Å². The number of rotatable bonds is 5. The van der Waals surface area contributed by atoms with Gasteiger partial charge in [-0.2, -0.15) is 0 Å². The molecule has 1 atom stereocenters. The fourth-order valence-electron chi connectivity index (χ4n) is 3.54. The van der Waals surface area contributed by atoms with E-state index in [4.69, 9.17) is 5.73 Å². The van der Waals surface area contributed by atoms with Crippen molar-refractivity contribution in [1.29, 1.82) is 0 Å². The number of anilines is 2. The van der Waals surface area contributed by atoms with Crippen LogP contribution in [0.2, 0.25) is 0 Å². The van der Waals surface area contributed by atoms with Gasteiger partial charge in [0.05, 0.1) is 17.9 Å². The zero-order chi connectivity index (χ0) is 17.2. The number of nitrogens with zero attached hydrogens (tertiary/aromatic N) is 2. The maximum atomic E-state index is 12.4. The Morgan fingerprint density at radius 2 is 2.12 bits per heavy atom. The molecule has 2 aliphatic heterocycles. The Labute approximate surface area is 143 Å². The molecule has 6 heteroatoms. The Morgan fingerprint density at radius 1 is 1.33 bits per heavy atom. The zero-order valence-electron chi connectivity index (χ0n) is 14.3. The Morgan fingerprint density at radius 3 is 2.79 bits per heavy atom. The highest BCUT2D eigenvalue weighted by atomic mass is 16.2. The lowest BCUT2D eigenvalue weighted by Gasteiger charge is -2.23. The molecule has 1 aromatic carbocycles. The lowest BCUT2D eigenvalue weighted by Crippen LogP contribution is -2.35. The van der Waals surface area contributed by atoms with Gasteiger partial charge in [-0.3, -0.25) is 14.5 Å². The molecular weight excluding hydrogens is 304 g/mol. The van der Waals surface area contributed by atoms with E-state index >= 15 is 0 Å². The first kappa shape index (κ1) is 16.9. The third-order valence-electron chi connectivity index (χ3n) is 5.04. The van der Waals surface area contributed by atoms with Crippen molar-refractivity contribution in [3.63, 3.8) is 0 Å². The molecule has 0 bridgehead atoms. The molecule has 1 unspecified atom stereocenters. The van der Waals surface area contributed by atoms with Crippen LogP contribution in [0, 0.1) is 5.41 Å². The molecule has 2 heterocycles. The van der Waals surface area contributed by atoms with E-state index in [1.54, 1.807) is 4.90 Å². The highest BCUT2D eigenvalue weighted by Gasteiger charge is 2.33. The maximum Gasteiger partial charge on any atom is 0.238 e. The normalized spacial score (nSPS) is 24.6. The molecule has 0 aromatic heterocycles. The lowest BCUT2D eigenvalue weighted by molar-refractivity contribution is -0.118. The molecule has 2 amide bonds. The molecule has 3 N–H and O–H groups in total. The smallest absolute Gasteiger partial charge is 0.238 e. The van der Waals surface area contributed by atoms with E-state index in [9.17, 15) is 9.59 Å². The van der Waals surface area contributed by atoms with E-state index in [2.05, 4.69) is 17.1 Å². The fraction of sp³-hybridized carbons (Fsp3) is 0.556. The number of nitrogens with two attached hydrogens (primary N) is 1. The third kappa shape index (κ3) is 3.60. The monoisotopic (exact) mass is 330 g/mol. The minimum atomic E-state index is -0.0460. The first-order valence-electron chi connectivity index (χ1n) is 8.62. The largest absolute Gasteiger partial charge is 0.330 e. The van der Waals surface area contributed by atoms with Crippen molar-refractivity contribution in [3.05, 3.63) is 24.3 Å². The van der Waals surface area contributed by atoms with Crippen molar-refractivity contribution in [2.45, 2.75) is 26.2 Å². The summed E-state index contributed by atoms with van der Waals surface area (Å²) in [5, 5.41) is 2.97. The average Bonchev–Trinajstić information content (AvgIpc) is 3.14. The second-order valence-corrected chi connectivity index (χ2v) is 7.19. The van der Waals surface area contributed by atoms with Gasteiger partial charge in [0.15, 0.2) is 0 Å². The number of carbonyl (C=O) groups excluding carboxylic acids is 2. The van der Waals surface area contributed by atoms with Gasteiger partial charge in [0.2, 0.25) is 11.8 Å². The number of para-hydroxylation sites is 2. The van der Waals surface area contributed by atoms with E-state index < -0.39 is 0 Å². The topological polar surface area (TPSA) is 78.7 Å². The van der Waals surface area contributed by atoms with Crippen LogP contribution < -0.4 is 16.0 Å². The summed E-state index contributed by atoms with van der Waals surface area (Å²) in [5.41, 5.74) is 7.43. The summed E-state index contributed by atoms with van der Waals surface area (Å²) in [5.74, 6) is 0.0744. The molecular formula is C18H26N4O2. The summed E-state index contributed by atoms with van der Waals surface area (Å²) in [6, 6.07) is 7.51. The molecule has 0 aliphatic carbocycles. The van der Waals surface area contributed by atoms with Crippen molar-refractivity contribution < 1.29 is 9.59 Å². The van der Waals surface area contributed by atoms with Crippen LogP contribution in [0.3, 0.4) is 0 Å². The molecule has 3 rings (SSSR count). The Hall–Kier alpha value is -1.92. The van der Waals surface area contributed by atoms with Gasteiger partial charge in [-0.05, 0) is 43.5 Å². The molecule has 0 radical (unpaired) electrons. The predicted octanol–water partition coefficient (Wildman–Crippen LogP) is 1.42. The van der Waals surface area contributed by atoms with Gasteiger partial charge in [0, 0.05) is 19.5 Å². The third-order valence-corrected chi connectivity index (χ3v) is 5.04. The van der Waals surface area contributed by atoms with Crippen LogP contribution in [0.25, 0.3) is 0 Å². The molecule has 2 aliphatic rings. The number of benzene rings is 1. The summed E-state index contributed by atoms with van der Waals surface area (Å²) >= 11 is 0. The second-order valence-electron chi connectivity index (χ2n) is 7.19. The minimum absolute atomic E-state index is 0.0460. The Bertz CT molecular complexity index is 633. The van der Waals surface area contributed by atoms with Crippen LogP contribution in [0.4, 0.5) is 11.4 Å². The molecule has 1 aromatic rings. The van der Waals surface area contributed by atoms with Crippen molar-refractivity contribution in [2.75, 3.05) is 42.9 Å². The Balaban J connectivity index is 1.64. The number of hydrogen-bond donors (Lipinski definition) is 2. The summed E-state index contributed by atoms with van der Waals surface area (Å²) in [6.07, 6.45) is 2.47. The minimum Gasteiger partial charge on any atom is -0.330 e. The van der Waals surface area contributed by atoms with E-state index in [1.807, 2.05) is 24.3 Å². The average molecular weight is 330 g/mol. The SMILES string of the molecule is CC1(CN)CCN(CC(=O)Nc2ccccc2N2CCCC2=O)C1. The van der Waals surface area contributed by atoms with Crippen LogP contribution in [-0.4, -0.2) is 49.4 Å². The van der Waals surface area contributed by atoms with E-state index in [-0.39, 0.29) is 17.2 Å². The molecule has 2 saturated heterocycles. The predicted molar refractivity (Wildman–Crippen MR) is 94.9 cm³/mol. The first-order chi connectivity index (χ1) is 11.5. The van der Waals surface area contributed by atoms with Gasteiger partial charge in [-0.25, -0.2) is 0 Å². The molecule has 2 fully saturated rings. The van der Waals surface area contributed by atoms with Crippen LogP contribution >= 0.6 is 0 Å². The number of likely N-dealkylation sites (tertiary alicyclic amines) is 1. The molecule has 0 spiro atoms. The number of hydrogen-bond acceptors (Lipinski definition) is 4. The second kappa shape index (κ2) is 6.91. The van der Waals surface area contributed by atoms with E-state index in [0.29, 0.717) is 31.7 Å². The van der Waals surface area contributed by atoms with Crippen molar-refractivity contribution in [2.24, 2.45) is 11.1 Å². The van der Waals surface area contributed by atoms with Crippen LogP contribution in [-0.2, 0) is 9.59 Å². The van der Waals surface area contributed by atoms with E-state index in [1.165, 1.54) is 0 Å². The number of amides is 2. The molecule has 130 valence electrons. The van der Waals surface area contributed by atoms with Crippen molar-refractivity contribution in [3.8, 4) is 0 Å². The summed E-state index contributed by atoms with van der Waals surface area (Å²) in [4.78, 5) is 28.3.